The number of phosphoric acid groups is 1. The van der Waals surface area contributed by atoms with Gasteiger partial charge in [0.15, 0.2) is 47.9 Å². The van der Waals surface area contributed by atoms with Crippen LogP contribution in [0.4, 0.5) is 11.6 Å². The van der Waals surface area contributed by atoms with Crippen LogP contribution >= 0.6 is 7.82 Å². The molecule has 3 fully saturated rings. The number of benzene rings is 5. The minimum absolute atomic E-state index is 0.0278. The third kappa shape index (κ3) is 14.7. The van der Waals surface area contributed by atoms with Gasteiger partial charge in [-0.2, -0.15) is 10.2 Å². The first-order valence-corrected chi connectivity index (χ1v) is 31.0. The lowest BCUT2D eigenvalue weighted by atomic mass is 9.80. The Bertz CT molecular complexity index is 4020. The van der Waals surface area contributed by atoms with Crippen molar-refractivity contribution in [2.24, 2.45) is 0 Å². The minimum atomic E-state index is -5.18. The summed E-state index contributed by atoms with van der Waals surface area (Å²) in [6, 6.07) is 43.9. The zero-order chi connectivity index (χ0) is 65.1. The molecule has 11 rings (SSSR count). The number of phosphoric ester groups is 1. The predicted molar refractivity (Wildman–Crippen MR) is 328 cm³/mol. The molecule has 0 aliphatic carbocycles. The largest absolute Gasteiger partial charge is 0.497 e. The lowest BCUT2D eigenvalue weighted by molar-refractivity contribution is -0.182. The molecule has 6 heterocycles. The molecule has 0 bridgehead atoms. The van der Waals surface area contributed by atoms with Crippen molar-refractivity contribution in [3.05, 3.63) is 203 Å². The first-order valence-electron chi connectivity index (χ1n) is 29.5. The molecule has 2 amide bonds. The summed E-state index contributed by atoms with van der Waals surface area (Å²) in [4.78, 5) is 84.5. The third-order valence-electron chi connectivity index (χ3n) is 15.4. The Morgan fingerprint density at radius 2 is 1.26 bits per heavy atom. The first kappa shape index (κ1) is 64.9. The number of carbonyl (C=O) groups is 4. The highest BCUT2D eigenvalue weighted by atomic mass is 31.2. The Morgan fingerprint density at radius 1 is 0.677 bits per heavy atom. The van der Waals surface area contributed by atoms with Crippen molar-refractivity contribution < 1.29 is 79.9 Å². The van der Waals surface area contributed by atoms with E-state index in [1.807, 2.05) is 60.7 Å². The van der Waals surface area contributed by atoms with Gasteiger partial charge >= 0.3 is 25.5 Å². The Hall–Kier alpha value is -9.59. The summed E-state index contributed by atoms with van der Waals surface area (Å²) in [5.41, 5.74) is 0.321. The van der Waals surface area contributed by atoms with Gasteiger partial charge in [-0.25, -0.2) is 24.3 Å². The average molecular weight is 1290 g/mol. The van der Waals surface area contributed by atoms with E-state index in [0.717, 1.165) is 18.4 Å². The second-order valence-electron chi connectivity index (χ2n) is 21.4. The van der Waals surface area contributed by atoms with Crippen molar-refractivity contribution in [1.29, 1.82) is 5.26 Å². The fraction of sp³-hybridized carbons (Fsp3) is 0.323. The van der Waals surface area contributed by atoms with Crippen molar-refractivity contribution >= 4 is 54.4 Å². The number of fused-ring (bicyclic) bond motifs is 1. The Balaban J connectivity index is 0.980. The van der Waals surface area contributed by atoms with E-state index in [0.29, 0.717) is 58.8 Å². The van der Waals surface area contributed by atoms with Gasteiger partial charge in [0.05, 0.1) is 52.9 Å². The van der Waals surface area contributed by atoms with Crippen LogP contribution in [0.3, 0.4) is 0 Å². The summed E-state index contributed by atoms with van der Waals surface area (Å²) in [6.45, 7) is 0.780. The molecule has 93 heavy (non-hydrogen) atoms. The lowest BCUT2D eigenvalue weighted by Gasteiger charge is -2.37. The molecule has 3 aromatic heterocycles. The van der Waals surface area contributed by atoms with Crippen LogP contribution in [0.15, 0.2) is 169 Å². The number of nitrogens with one attached hydrogen (secondary N) is 2. The molecule has 482 valence electrons. The van der Waals surface area contributed by atoms with Crippen LogP contribution in [0, 0.1) is 11.3 Å². The van der Waals surface area contributed by atoms with Crippen LogP contribution in [0.1, 0.15) is 83.0 Å². The van der Waals surface area contributed by atoms with E-state index in [-0.39, 0.29) is 29.2 Å². The molecule has 10 atom stereocenters. The van der Waals surface area contributed by atoms with E-state index < -0.39 is 118 Å². The number of nitrogens with zero attached hydrogens (tertiary/aromatic N) is 7. The van der Waals surface area contributed by atoms with Crippen molar-refractivity contribution in [3.63, 3.8) is 0 Å². The molecule has 27 nitrogen and oxygen atoms in total. The molecule has 2 unspecified atom stereocenters. The summed E-state index contributed by atoms with van der Waals surface area (Å²) in [5.74, 6) is -1.62. The molecule has 0 saturated carbocycles. The number of aromatic nitrogens is 6. The number of amides is 2. The SMILES string of the molecule is COc1ccc(C(OC[C@H]2O[C@@H](n3ccc(NC(=O)c4ccccc4)nc3=O)[C@H](OC3CCCO3)[C@@H]2OP(=O)(OCCC#N)OC[C@H]2O[C@@H](n3cnc4c(NC(=O)c5ccccc5)ncnc43)[C@H](OC(C)=O)[C@@H]2OC(C)=O)(c2ccccc2)c2ccc(OC)cc2)cc1. The van der Waals surface area contributed by atoms with Crippen LogP contribution < -0.4 is 25.8 Å². The van der Waals surface area contributed by atoms with E-state index in [9.17, 15) is 29.2 Å². The number of imidazole rings is 1. The molecule has 8 aromatic rings. The van der Waals surface area contributed by atoms with E-state index >= 15 is 4.57 Å². The molecule has 0 radical (unpaired) electrons. The Morgan fingerprint density at radius 3 is 1.84 bits per heavy atom. The third-order valence-corrected chi connectivity index (χ3v) is 16.9. The Labute approximate surface area is 532 Å². The van der Waals surface area contributed by atoms with Gasteiger partial charge in [-0.05, 0) is 77.7 Å². The van der Waals surface area contributed by atoms with Gasteiger partial charge in [0.1, 0.15) is 53.7 Å². The molecular formula is C65H64N9O18P. The number of carbonyl (C=O) groups excluding carboxylic acids is 4. The number of rotatable bonds is 26. The van der Waals surface area contributed by atoms with Crippen LogP contribution in [0.5, 0.6) is 11.5 Å². The maximum Gasteiger partial charge on any atom is 0.475 e. The smallest absolute Gasteiger partial charge is 0.475 e. The van der Waals surface area contributed by atoms with Gasteiger partial charge in [0, 0.05) is 44.2 Å². The monoisotopic (exact) mass is 1290 g/mol. The van der Waals surface area contributed by atoms with Crippen molar-refractivity contribution in [2.75, 3.05) is 51.3 Å². The fourth-order valence-electron chi connectivity index (χ4n) is 11.1. The molecule has 3 saturated heterocycles. The predicted octanol–water partition coefficient (Wildman–Crippen LogP) is 8.23. The molecule has 2 N–H and O–H groups in total. The van der Waals surface area contributed by atoms with Crippen LogP contribution in [0.25, 0.3) is 11.2 Å². The summed E-state index contributed by atoms with van der Waals surface area (Å²) < 4.78 is 94.0. The number of esters is 2. The molecular weight excluding hydrogens is 1230 g/mol. The van der Waals surface area contributed by atoms with Gasteiger partial charge in [-0.1, -0.05) is 91.0 Å². The van der Waals surface area contributed by atoms with Gasteiger partial charge in [0.25, 0.3) is 11.8 Å². The summed E-state index contributed by atoms with van der Waals surface area (Å²) >= 11 is 0. The van der Waals surface area contributed by atoms with E-state index in [1.165, 1.54) is 29.5 Å². The van der Waals surface area contributed by atoms with Gasteiger partial charge in [0.2, 0.25) is 0 Å². The summed E-state index contributed by atoms with van der Waals surface area (Å²) in [6.07, 6.45) is -8.32. The highest BCUT2D eigenvalue weighted by Gasteiger charge is 2.56. The summed E-state index contributed by atoms with van der Waals surface area (Å²) in [7, 11) is -2.08. The second-order valence-corrected chi connectivity index (χ2v) is 23.0. The standard InChI is InChI=1S/C65H64N9O18P/c1-40(75)87-54-50(90-63(56(54)88-41(2)76)74-39-69-53-58(67-38-68-59(53)74)72-61(78)43-18-10-6-11-19-43)37-86-93(80,85-35-15-32-66)92-55-49(36-84-65(44-20-12-7-13-21-44,45-23-27-47(81-3)28-24-45)46-25-29-48(82-4)30-26-46)89-62(57(55)91-52-22-14-34-83-52)73-33-31-51(71-64(73)79)70-60(77)42-16-8-5-9-17-42/h5-13,16-21,23-31,33,38-39,49-50,52,54-57,62-63H,14-15,22,34-37H2,1-4H3,(H,67,68,72,78)(H,70,71,77,79)/t49-,50-,52?,54-,55-,56-,57-,62-,63-,93?/m1/s1. The molecule has 3 aliphatic rings. The molecule has 0 spiro atoms. The zero-order valence-electron chi connectivity index (χ0n) is 50.7. The van der Waals surface area contributed by atoms with E-state index in [2.05, 4.69) is 30.6 Å². The fourth-order valence-corrected chi connectivity index (χ4v) is 12.5. The highest BCUT2D eigenvalue weighted by Crippen LogP contribution is 2.55. The number of nitriles is 1. The minimum Gasteiger partial charge on any atom is -0.497 e. The number of hydrogen-bond acceptors (Lipinski definition) is 23. The Kier molecular flexibility index (Phi) is 20.5. The second kappa shape index (κ2) is 29.4. The van der Waals surface area contributed by atoms with Crippen LogP contribution in [-0.2, 0) is 66.5 Å². The molecule has 28 heteroatoms. The molecule has 3 aliphatic heterocycles. The van der Waals surface area contributed by atoms with E-state index in [4.69, 9.17) is 56.2 Å². The number of ether oxygens (including phenoxy) is 9. The normalized spacial score (nSPS) is 21.7. The maximum atomic E-state index is 16.0. The van der Waals surface area contributed by atoms with E-state index in [1.54, 1.807) is 99.1 Å². The van der Waals surface area contributed by atoms with Crippen molar-refractivity contribution in [3.8, 4) is 17.6 Å². The molecule has 5 aromatic carbocycles. The number of anilines is 2. The maximum absolute atomic E-state index is 16.0. The van der Waals surface area contributed by atoms with Crippen LogP contribution in [-0.4, -0.2) is 136 Å². The average Bonchev–Trinajstić information content (AvgIpc) is 1.75. The van der Waals surface area contributed by atoms with Gasteiger partial charge in [-0.3, -0.25) is 41.9 Å². The van der Waals surface area contributed by atoms with Gasteiger partial charge in [-0.15, -0.1) is 0 Å². The number of hydrogen-bond donors (Lipinski definition) is 2. The highest BCUT2D eigenvalue weighted by molar-refractivity contribution is 7.48. The first-order chi connectivity index (χ1) is 45.2. The van der Waals surface area contributed by atoms with Crippen molar-refractivity contribution in [2.45, 2.75) is 94.1 Å². The quantitative estimate of drug-likeness (QED) is 0.0223. The van der Waals surface area contributed by atoms with Gasteiger partial charge < -0.3 is 53.3 Å². The zero-order valence-corrected chi connectivity index (χ0v) is 51.6. The van der Waals surface area contributed by atoms with Crippen LogP contribution in [0.2, 0.25) is 0 Å². The van der Waals surface area contributed by atoms with Crippen molar-refractivity contribution in [1.82, 2.24) is 29.1 Å². The summed E-state index contributed by atoms with van der Waals surface area (Å²) in [5, 5.41) is 15.2. The topological polar surface area (TPSA) is 322 Å². The number of methoxy groups -OCH3 is 2. The lowest BCUT2D eigenvalue weighted by Crippen LogP contribution is -2.43.